The van der Waals surface area contributed by atoms with Gasteiger partial charge in [0.2, 0.25) is 5.91 Å². The number of ether oxygens (including phenoxy) is 1. The summed E-state index contributed by atoms with van der Waals surface area (Å²) >= 11 is 0. The quantitative estimate of drug-likeness (QED) is 0.645. The predicted octanol–water partition coefficient (Wildman–Crippen LogP) is 4.37. The Balaban J connectivity index is 1.37. The van der Waals surface area contributed by atoms with Crippen molar-refractivity contribution in [3.63, 3.8) is 0 Å². The molecule has 0 spiro atoms. The van der Waals surface area contributed by atoms with Gasteiger partial charge in [-0.15, -0.1) is 0 Å². The van der Waals surface area contributed by atoms with Gasteiger partial charge in [-0.2, -0.15) is 0 Å². The first kappa shape index (κ1) is 20.7. The van der Waals surface area contributed by atoms with Gasteiger partial charge in [0.25, 0.3) is 5.91 Å². The molecule has 160 valence electrons. The topological polar surface area (TPSA) is 71.8 Å². The molecular formula is C25H26N2O4. The molecule has 0 atom stereocenters. The molecule has 6 heteroatoms. The first-order valence-corrected chi connectivity index (χ1v) is 10.5. The number of likely N-dealkylation sites (tertiary alicyclic amines) is 1. The van der Waals surface area contributed by atoms with Gasteiger partial charge in [-0.3, -0.25) is 9.59 Å². The maximum absolute atomic E-state index is 12.8. The lowest BCUT2D eigenvalue weighted by Gasteiger charge is -2.30. The second-order valence-corrected chi connectivity index (χ2v) is 7.72. The van der Waals surface area contributed by atoms with Crippen molar-refractivity contribution in [2.75, 3.05) is 25.5 Å². The van der Waals surface area contributed by atoms with Gasteiger partial charge in [-0.05, 0) is 48.7 Å². The third kappa shape index (κ3) is 4.97. The van der Waals surface area contributed by atoms with Crippen molar-refractivity contribution in [1.29, 1.82) is 0 Å². The number of hydrogen-bond acceptors (Lipinski definition) is 4. The van der Waals surface area contributed by atoms with E-state index in [2.05, 4.69) is 17.4 Å². The molecular weight excluding hydrogens is 392 g/mol. The minimum Gasteiger partial charge on any atom is -0.496 e. The number of carbonyl (C=O) groups is 2. The van der Waals surface area contributed by atoms with Crippen LogP contribution < -0.4 is 10.1 Å². The van der Waals surface area contributed by atoms with E-state index >= 15 is 0 Å². The highest BCUT2D eigenvalue weighted by molar-refractivity contribution is 5.94. The highest BCUT2D eigenvalue weighted by Gasteiger charge is 2.28. The summed E-state index contributed by atoms with van der Waals surface area (Å²) in [4.78, 5) is 27.0. The third-order valence-electron chi connectivity index (χ3n) is 5.67. The molecule has 6 nitrogen and oxygen atoms in total. The van der Waals surface area contributed by atoms with Crippen molar-refractivity contribution in [3.8, 4) is 5.75 Å². The molecule has 0 aliphatic carbocycles. The van der Waals surface area contributed by atoms with Gasteiger partial charge < -0.3 is 19.4 Å². The van der Waals surface area contributed by atoms with Crippen LogP contribution in [0.25, 0.3) is 0 Å². The Morgan fingerprint density at radius 3 is 2.52 bits per heavy atom. The Morgan fingerprint density at radius 1 is 1.06 bits per heavy atom. The van der Waals surface area contributed by atoms with E-state index in [1.165, 1.54) is 11.8 Å². The number of nitrogens with zero attached hydrogens (tertiary/aromatic N) is 1. The lowest BCUT2D eigenvalue weighted by molar-refractivity contribution is -0.121. The number of hydrogen-bond donors (Lipinski definition) is 1. The number of amides is 2. The van der Waals surface area contributed by atoms with Gasteiger partial charge in [0, 0.05) is 36.7 Å². The fourth-order valence-electron chi connectivity index (χ4n) is 3.96. The van der Waals surface area contributed by atoms with E-state index in [0.29, 0.717) is 31.7 Å². The van der Waals surface area contributed by atoms with Crippen molar-refractivity contribution < 1.29 is 18.7 Å². The zero-order valence-electron chi connectivity index (χ0n) is 17.5. The van der Waals surface area contributed by atoms with E-state index in [1.807, 2.05) is 36.4 Å². The molecule has 2 aromatic carbocycles. The molecule has 0 saturated carbocycles. The summed E-state index contributed by atoms with van der Waals surface area (Å²) in [5.41, 5.74) is 2.95. The van der Waals surface area contributed by atoms with Crippen molar-refractivity contribution >= 4 is 17.5 Å². The van der Waals surface area contributed by atoms with Crippen LogP contribution in [0.5, 0.6) is 5.75 Å². The Kier molecular flexibility index (Phi) is 6.36. The second-order valence-electron chi connectivity index (χ2n) is 7.72. The largest absolute Gasteiger partial charge is 0.496 e. The van der Waals surface area contributed by atoms with Crippen molar-refractivity contribution in [1.82, 2.24) is 4.90 Å². The van der Waals surface area contributed by atoms with Gasteiger partial charge in [-0.1, -0.05) is 30.3 Å². The number of carbonyl (C=O) groups excluding carboxylic acids is 2. The fraction of sp³-hybridized carbons (Fsp3) is 0.280. The highest BCUT2D eigenvalue weighted by atomic mass is 16.5. The van der Waals surface area contributed by atoms with Crippen LogP contribution in [0.15, 0.2) is 71.3 Å². The number of anilines is 1. The van der Waals surface area contributed by atoms with Gasteiger partial charge in [0.1, 0.15) is 5.75 Å². The Morgan fingerprint density at radius 2 is 1.84 bits per heavy atom. The van der Waals surface area contributed by atoms with Crippen LogP contribution in [0, 0.1) is 5.92 Å². The summed E-state index contributed by atoms with van der Waals surface area (Å²) in [6, 6.07) is 19.2. The molecule has 0 unspecified atom stereocenters. The van der Waals surface area contributed by atoms with E-state index in [-0.39, 0.29) is 17.7 Å². The minimum atomic E-state index is -0.125. The zero-order valence-corrected chi connectivity index (χ0v) is 17.5. The average molecular weight is 418 g/mol. The molecule has 1 saturated heterocycles. The lowest BCUT2D eigenvalue weighted by Crippen LogP contribution is -2.41. The first-order valence-electron chi connectivity index (χ1n) is 10.5. The number of methoxy groups -OCH3 is 1. The summed E-state index contributed by atoms with van der Waals surface area (Å²) in [7, 11) is 1.65. The van der Waals surface area contributed by atoms with E-state index < -0.39 is 0 Å². The molecule has 1 fully saturated rings. The maximum atomic E-state index is 12.8. The number of piperidine rings is 1. The predicted molar refractivity (Wildman–Crippen MR) is 118 cm³/mol. The maximum Gasteiger partial charge on any atom is 0.289 e. The number of rotatable bonds is 6. The standard InChI is InChI=1S/C25H26N2O4/c1-30-22-10-9-21(17-20(22)16-18-6-3-2-4-7-18)26-24(28)19-11-13-27(14-12-19)25(29)23-8-5-15-31-23/h2-10,15,17,19H,11-14,16H2,1H3,(H,26,28). The minimum absolute atomic E-state index is 0.0130. The summed E-state index contributed by atoms with van der Waals surface area (Å²) in [5, 5.41) is 3.04. The molecule has 31 heavy (non-hydrogen) atoms. The summed E-state index contributed by atoms with van der Waals surface area (Å²) < 4.78 is 10.7. The second kappa shape index (κ2) is 9.51. The van der Waals surface area contributed by atoms with Crippen LogP contribution in [-0.4, -0.2) is 36.9 Å². The summed E-state index contributed by atoms with van der Waals surface area (Å²) in [5.74, 6) is 0.879. The van der Waals surface area contributed by atoms with Crippen LogP contribution in [-0.2, 0) is 11.2 Å². The number of nitrogens with one attached hydrogen (secondary N) is 1. The van der Waals surface area contributed by atoms with Crippen molar-refractivity contribution in [2.45, 2.75) is 19.3 Å². The van der Waals surface area contributed by atoms with Gasteiger partial charge >= 0.3 is 0 Å². The number of benzene rings is 2. The van der Waals surface area contributed by atoms with E-state index in [4.69, 9.17) is 9.15 Å². The molecule has 0 radical (unpaired) electrons. The Labute approximate surface area is 181 Å². The summed E-state index contributed by atoms with van der Waals surface area (Å²) in [6.45, 7) is 1.08. The highest BCUT2D eigenvalue weighted by Crippen LogP contribution is 2.27. The summed E-state index contributed by atoms with van der Waals surface area (Å²) in [6.07, 6.45) is 3.48. The fourth-order valence-corrected chi connectivity index (χ4v) is 3.96. The Bertz CT molecular complexity index is 1020. The van der Waals surface area contributed by atoms with Gasteiger partial charge in [-0.25, -0.2) is 0 Å². The van der Waals surface area contributed by atoms with Crippen LogP contribution in [0.2, 0.25) is 0 Å². The molecule has 3 aromatic rings. The number of furan rings is 1. The Hall–Kier alpha value is -3.54. The first-order chi connectivity index (χ1) is 15.1. The molecule has 0 bridgehead atoms. The molecule has 1 aliphatic rings. The van der Waals surface area contributed by atoms with Crippen molar-refractivity contribution in [3.05, 3.63) is 83.8 Å². The SMILES string of the molecule is COc1ccc(NC(=O)C2CCN(C(=O)c3ccco3)CC2)cc1Cc1ccccc1. The zero-order chi connectivity index (χ0) is 21.6. The third-order valence-corrected chi connectivity index (χ3v) is 5.67. The van der Waals surface area contributed by atoms with Crippen LogP contribution in [0.3, 0.4) is 0 Å². The van der Waals surface area contributed by atoms with Crippen LogP contribution in [0.1, 0.15) is 34.5 Å². The molecule has 2 amide bonds. The van der Waals surface area contributed by atoms with Crippen LogP contribution in [0.4, 0.5) is 5.69 Å². The van der Waals surface area contributed by atoms with Gasteiger partial charge in [0.05, 0.1) is 13.4 Å². The molecule has 1 aliphatic heterocycles. The smallest absolute Gasteiger partial charge is 0.289 e. The molecule has 4 rings (SSSR count). The van der Waals surface area contributed by atoms with E-state index in [1.54, 1.807) is 24.1 Å². The molecule has 1 aromatic heterocycles. The monoisotopic (exact) mass is 418 g/mol. The lowest BCUT2D eigenvalue weighted by atomic mass is 9.95. The normalized spacial score (nSPS) is 14.3. The average Bonchev–Trinajstić information content (AvgIpc) is 3.35. The molecule has 1 N–H and O–H groups in total. The van der Waals surface area contributed by atoms with Gasteiger partial charge in [0.15, 0.2) is 5.76 Å². The van der Waals surface area contributed by atoms with E-state index in [9.17, 15) is 9.59 Å². The van der Waals surface area contributed by atoms with Crippen molar-refractivity contribution in [2.24, 2.45) is 5.92 Å². The van der Waals surface area contributed by atoms with E-state index in [0.717, 1.165) is 23.4 Å². The van der Waals surface area contributed by atoms with Crippen LogP contribution >= 0.6 is 0 Å². The molecule has 2 heterocycles.